The fraction of sp³-hybridized carbons (Fsp3) is 0.333. The number of ether oxygens (including phenoxy) is 1. The average molecular weight is 371 g/mol. The van der Waals surface area contributed by atoms with Crippen LogP contribution in [0.2, 0.25) is 0 Å². The lowest BCUT2D eigenvalue weighted by molar-refractivity contribution is -0.134. The minimum Gasteiger partial charge on any atom is -0.497 e. The summed E-state index contributed by atoms with van der Waals surface area (Å²) in [7, 11) is 1.72. The Bertz CT molecular complexity index is 793. The maximum atomic E-state index is 9.55. The van der Waals surface area contributed by atoms with E-state index in [0.29, 0.717) is 12.2 Å². The second-order valence-electron chi connectivity index (χ2n) is 6.31. The van der Waals surface area contributed by atoms with E-state index in [2.05, 4.69) is 41.3 Å². The summed E-state index contributed by atoms with van der Waals surface area (Å²) in [6.45, 7) is 3.74. The van der Waals surface area contributed by atoms with E-state index >= 15 is 0 Å². The van der Waals surface area contributed by atoms with Gasteiger partial charge in [0.15, 0.2) is 0 Å². The molecule has 1 heterocycles. The zero-order valence-corrected chi connectivity index (χ0v) is 15.4. The van der Waals surface area contributed by atoms with Gasteiger partial charge in [-0.15, -0.1) is 0 Å². The van der Waals surface area contributed by atoms with Crippen molar-refractivity contribution in [1.29, 1.82) is 0 Å². The van der Waals surface area contributed by atoms with Crippen molar-refractivity contribution < 1.29 is 24.5 Å². The van der Waals surface area contributed by atoms with Gasteiger partial charge in [-0.05, 0) is 60.8 Å². The van der Waals surface area contributed by atoms with Crippen LogP contribution in [0, 0.1) is 0 Å². The zero-order chi connectivity index (χ0) is 19.6. The summed E-state index contributed by atoms with van der Waals surface area (Å²) >= 11 is 0. The van der Waals surface area contributed by atoms with E-state index < -0.39 is 11.9 Å². The van der Waals surface area contributed by atoms with E-state index in [1.165, 1.54) is 48.8 Å². The number of methoxy groups -OCH3 is 1. The van der Waals surface area contributed by atoms with E-state index in [9.17, 15) is 9.59 Å². The molecule has 0 bridgehead atoms. The van der Waals surface area contributed by atoms with Crippen molar-refractivity contribution in [3.63, 3.8) is 0 Å². The van der Waals surface area contributed by atoms with Gasteiger partial charge in [0, 0.05) is 18.7 Å². The summed E-state index contributed by atoms with van der Waals surface area (Å²) in [6.07, 6.45) is 4.99. The summed E-state index contributed by atoms with van der Waals surface area (Å²) in [6, 6.07) is 12.9. The van der Waals surface area contributed by atoms with Crippen LogP contribution < -0.4 is 4.74 Å². The minimum atomic E-state index is -1.26. The number of carbonyl (C=O) groups is 2. The van der Waals surface area contributed by atoms with Crippen LogP contribution in [0.3, 0.4) is 0 Å². The molecule has 0 spiro atoms. The van der Waals surface area contributed by atoms with Crippen LogP contribution in [0.1, 0.15) is 18.4 Å². The molecule has 0 unspecified atom stereocenters. The number of rotatable bonds is 6. The van der Waals surface area contributed by atoms with E-state index in [1.54, 1.807) is 7.11 Å². The summed E-state index contributed by atoms with van der Waals surface area (Å²) < 4.78 is 5.30. The quantitative estimate of drug-likeness (QED) is 0.759. The average Bonchev–Trinajstić information content (AvgIpc) is 3.18. The first kappa shape index (κ1) is 20.5. The Morgan fingerprint density at radius 2 is 1.74 bits per heavy atom. The van der Waals surface area contributed by atoms with Gasteiger partial charge >= 0.3 is 11.9 Å². The third kappa shape index (κ3) is 6.75. The Balaban J connectivity index is 0.000000279. The number of carboxylic acids is 2. The third-order valence-electron chi connectivity index (χ3n) is 4.44. The third-order valence-corrected chi connectivity index (χ3v) is 4.44. The summed E-state index contributed by atoms with van der Waals surface area (Å²) in [4.78, 5) is 21.7. The highest BCUT2D eigenvalue weighted by Crippen LogP contribution is 2.24. The monoisotopic (exact) mass is 371 g/mol. The number of fused-ring (bicyclic) bond motifs is 1. The van der Waals surface area contributed by atoms with Gasteiger partial charge in [-0.3, -0.25) is 0 Å². The van der Waals surface area contributed by atoms with Crippen molar-refractivity contribution in [3.05, 3.63) is 54.1 Å². The molecule has 1 saturated heterocycles. The molecule has 0 aromatic heterocycles. The molecular formula is C21H25NO5. The Kier molecular flexibility index (Phi) is 7.82. The Morgan fingerprint density at radius 1 is 1.07 bits per heavy atom. The number of hydrogen-bond acceptors (Lipinski definition) is 4. The molecule has 1 aliphatic rings. The fourth-order valence-corrected chi connectivity index (χ4v) is 3.10. The van der Waals surface area contributed by atoms with E-state index in [-0.39, 0.29) is 0 Å². The first-order valence-electron chi connectivity index (χ1n) is 8.91. The van der Waals surface area contributed by atoms with Gasteiger partial charge in [0.2, 0.25) is 0 Å². The van der Waals surface area contributed by atoms with Crippen LogP contribution in [-0.2, 0) is 16.0 Å². The molecule has 144 valence electrons. The molecule has 2 aromatic rings. The molecule has 27 heavy (non-hydrogen) atoms. The molecule has 3 rings (SSSR count). The summed E-state index contributed by atoms with van der Waals surface area (Å²) in [5, 5.41) is 18.3. The van der Waals surface area contributed by atoms with Crippen LogP contribution in [0.5, 0.6) is 5.75 Å². The van der Waals surface area contributed by atoms with Gasteiger partial charge in [0.05, 0.1) is 7.11 Å². The molecule has 1 fully saturated rings. The highest BCUT2D eigenvalue weighted by atomic mass is 16.5. The zero-order valence-electron chi connectivity index (χ0n) is 15.4. The van der Waals surface area contributed by atoms with Gasteiger partial charge in [-0.25, -0.2) is 9.59 Å². The number of aliphatic carboxylic acids is 2. The molecular weight excluding hydrogens is 346 g/mol. The molecule has 0 saturated carbocycles. The Hall–Kier alpha value is -2.86. The molecule has 0 atom stereocenters. The van der Waals surface area contributed by atoms with Crippen molar-refractivity contribution in [3.8, 4) is 5.75 Å². The van der Waals surface area contributed by atoms with Crippen molar-refractivity contribution in [2.45, 2.75) is 19.3 Å². The normalized spacial score (nSPS) is 14.1. The topological polar surface area (TPSA) is 87.1 Å². The first-order chi connectivity index (χ1) is 13.0. The highest BCUT2D eigenvalue weighted by Gasteiger charge is 2.11. The molecule has 0 amide bonds. The number of benzene rings is 2. The van der Waals surface area contributed by atoms with Gasteiger partial charge in [-0.1, -0.05) is 24.3 Å². The molecule has 0 aliphatic carbocycles. The smallest absolute Gasteiger partial charge is 0.328 e. The van der Waals surface area contributed by atoms with E-state index in [0.717, 1.165) is 12.2 Å². The van der Waals surface area contributed by atoms with Gasteiger partial charge < -0.3 is 19.8 Å². The van der Waals surface area contributed by atoms with Crippen LogP contribution in [0.15, 0.2) is 48.6 Å². The summed E-state index contributed by atoms with van der Waals surface area (Å²) in [5.41, 5.74) is 1.45. The van der Waals surface area contributed by atoms with Gasteiger partial charge in [0.1, 0.15) is 5.75 Å². The van der Waals surface area contributed by atoms with Crippen molar-refractivity contribution >= 4 is 22.7 Å². The Morgan fingerprint density at radius 3 is 2.33 bits per heavy atom. The number of carboxylic acid groups (broad SMARTS) is 2. The minimum absolute atomic E-state index is 0.558. The van der Waals surface area contributed by atoms with Gasteiger partial charge in [0.25, 0.3) is 0 Å². The first-order valence-corrected chi connectivity index (χ1v) is 8.91. The fourth-order valence-electron chi connectivity index (χ4n) is 3.10. The number of hydrogen-bond donors (Lipinski definition) is 2. The largest absolute Gasteiger partial charge is 0.497 e. The maximum Gasteiger partial charge on any atom is 0.328 e. The molecule has 2 N–H and O–H groups in total. The predicted octanol–water partition coefficient (Wildman–Crippen LogP) is 3.20. The molecule has 0 radical (unpaired) electrons. The Labute approximate surface area is 158 Å². The van der Waals surface area contributed by atoms with Crippen LogP contribution in [0.4, 0.5) is 0 Å². The standard InChI is InChI=1S/C17H21NO.C4H4O4/c1-19-16-7-8-17-14(5-4-6-15(17)13-16)9-12-18-10-2-3-11-18;5-3(6)1-2-4(7)8/h4-8,13H,2-3,9-12H2,1H3;1-2H,(H,5,6)(H,7,8)/b;2-1+. The molecule has 1 aliphatic heterocycles. The second-order valence-corrected chi connectivity index (χ2v) is 6.31. The predicted molar refractivity (Wildman–Crippen MR) is 104 cm³/mol. The summed E-state index contributed by atoms with van der Waals surface area (Å²) in [5.74, 6) is -1.58. The second kappa shape index (κ2) is 10.3. The number of likely N-dealkylation sites (tertiary alicyclic amines) is 1. The molecule has 6 heteroatoms. The molecule has 6 nitrogen and oxygen atoms in total. The van der Waals surface area contributed by atoms with Gasteiger partial charge in [-0.2, -0.15) is 0 Å². The molecule has 2 aromatic carbocycles. The van der Waals surface area contributed by atoms with Crippen LogP contribution in [-0.4, -0.2) is 53.8 Å². The lowest BCUT2D eigenvalue weighted by atomic mass is 10.0. The van der Waals surface area contributed by atoms with Crippen LogP contribution in [0.25, 0.3) is 10.8 Å². The number of nitrogens with zero attached hydrogens (tertiary/aromatic N) is 1. The maximum absolute atomic E-state index is 9.55. The lowest BCUT2D eigenvalue weighted by Gasteiger charge is -2.15. The van der Waals surface area contributed by atoms with Crippen molar-refractivity contribution in [2.75, 3.05) is 26.7 Å². The van der Waals surface area contributed by atoms with E-state index in [1.807, 2.05) is 0 Å². The van der Waals surface area contributed by atoms with Crippen LogP contribution >= 0.6 is 0 Å². The van der Waals surface area contributed by atoms with Crippen molar-refractivity contribution in [1.82, 2.24) is 4.90 Å². The SMILES string of the molecule is COc1ccc2c(CCN3CCCC3)cccc2c1.O=C(O)/C=C/C(=O)O. The van der Waals surface area contributed by atoms with Crippen molar-refractivity contribution in [2.24, 2.45) is 0 Å². The lowest BCUT2D eigenvalue weighted by Crippen LogP contribution is -2.21. The van der Waals surface area contributed by atoms with E-state index in [4.69, 9.17) is 14.9 Å². The highest BCUT2D eigenvalue weighted by molar-refractivity contribution is 5.89.